The molecule has 1 aromatic carbocycles. The Labute approximate surface area is 212 Å². The maximum Gasteiger partial charge on any atom is 0.408 e. The second-order valence-electron chi connectivity index (χ2n) is 9.27. The van der Waals surface area contributed by atoms with E-state index in [1.165, 1.54) is 30.2 Å². The first-order chi connectivity index (χ1) is 16.9. The fourth-order valence-electron chi connectivity index (χ4n) is 3.41. The lowest BCUT2D eigenvalue weighted by molar-refractivity contribution is -0.145. The first kappa shape index (κ1) is 30.7. The molecule has 0 bridgehead atoms. The van der Waals surface area contributed by atoms with Gasteiger partial charge in [0, 0.05) is 6.54 Å². The van der Waals surface area contributed by atoms with E-state index in [1.54, 1.807) is 26.8 Å². The van der Waals surface area contributed by atoms with Gasteiger partial charge >= 0.3 is 12.1 Å². The predicted octanol–water partition coefficient (Wildman–Crippen LogP) is 2.02. The molecule has 2 atom stereocenters. The molecule has 0 fully saturated rings. The van der Waals surface area contributed by atoms with E-state index in [-0.39, 0.29) is 17.9 Å². The van der Waals surface area contributed by atoms with E-state index in [0.29, 0.717) is 6.42 Å². The molecular formula is C25H39N3O8. The van der Waals surface area contributed by atoms with E-state index >= 15 is 0 Å². The number of hydrogen-bond acceptors (Lipinski definition) is 8. The summed E-state index contributed by atoms with van der Waals surface area (Å²) in [5.74, 6) is -2.22. The van der Waals surface area contributed by atoms with Crippen molar-refractivity contribution >= 4 is 23.9 Å². The van der Waals surface area contributed by atoms with Gasteiger partial charge in [0.05, 0.1) is 13.7 Å². The zero-order chi connectivity index (χ0) is 27.3. The summed E-state index contributed by atoms with van der Waals surface area (Å²) in [6, 6.07) is 3.19. The summed E-state index contributed by atoms with van der Waals surface area (Å²) in [4.78, 5) is 52.0. The van der Waals surface area contributed by atoms with Gasteiger partial charge < -0.3 is 35.2 Å². The van der Waals surface area contributed by atoms with Crippen molar-refractivity contribution in [2.45, 2.75) is 71.1 Å². The van der Waals surface area contributed by atoms with E-state index in [0.717, 1.165) is 19.3 Å². The molecule has 0 saturated carbocycles. The smallest absolute Gasteiger partial charge is 0.408 e. The van der Waals surface area contributed by atoms with Crippen molar-refractivity contribution in [1.82, 2.24) is 15.5 Å². The summed E-state index contributed by atoms with van der Waals surface area (Å²) >= 11 is 0. The Bertz CT molecular complexity index is 884. The largest absolute Gasteiger partial charge is 0.508 e. The summed E-state index contributed by atoms with van der Waals surface area (Å²) in [5, 5.41) is 24.8. The molecule has 11 heteroatoms. The van der Waals surface area contributed by atoms with Crippen LogP contribution in [0, 0.1) is 0 Å². The standard InChI is InChI=1S/C25H39N3O8/c1-6-7-8-9-13-28(23(33)19(16-29)27-24(34)36-25(2,3)4)21(17-11-10-12-18(30)14-17)22(32)26-15-20(31)35-5/h10-12,14,19,21,29-30H,6-9,13,15-16H2,1-5H3,(H,26,32)(H,27,34). The monoisotopic (exact) mass is 509 g/mol. The number of nitrogens with one attached hydrogen (secondary N) is 2. The van der Waals surface area contributed by atoms with Crippen molar-refractivity contribution in [1.29, 1.82) is 0 Å². The van der Waals surface area contributed by atoms with Crippen molar-refractivity contribution in [2.75, 3.05) is 26.8 Å². The topological polar surface area (TPSA) is 154 Å². The molecule has 1 rings (SSSR count). The van der Waals surface area contributed by atoms with Crippen molar-refractivity contribution < 1.29 is 38.9 Å². The molecule has 36 heavy (non-hydrogen) atoms. The number of carbonyl (C=O) groups is 4. The predicted molar refractivity (Wildman–Crippen MR) is 132 cm³/mol. The molecule has 0 aliphatic heterocycles. The Kier molecular flexibility index (Phi) is 12.7. The lowest BCUT2D eigenvalue weighted by Gasteiger charge is -2.34. The van der Waals surface area contributed by atoms with Crippen LogP contribution in [-0.4, -0.2) is 77.4 Å². The number of phenols is 1. The average Bonchev–Trinajstić information content (AvgIpc) is 2.81. The molecule has 0 saturated heterocycles. The van der Waals surface area contributed by atoms with Gasteiger partial charge in [-0.15, -0.1) is 0 Å². The number of hydrogen-bond donors (Lipinski definition) is 4. The first-order valence-corrected chi connectivity index (χ1v) is 12.0. The van der Waals surface area contributed by atoms with Crippen LogP contribution < -0.4 is 10.6 Å². The Balaban J connectivity index is 3.37. The van der Waals surface area contributed by atoms with E-state index < -0.39 is 54.7 Å². The summed E-state index contributed by atoms with van der Waals surface area (Å²) in [5.41, 5.74) is -0.541. The normalized spacial score (nSPS) is 12.7. The Morgan fingerprint density at radius 2 is 1.81 bits per heavy atom. The number of aliphatic hydroxyl groups excluding tert-OH is 1. The minimum atomic E-state index is -1.39. The van der Waals surface area contributed by atoms with Crippen LogP contribution in [-0.2, 0) is 23.9 Å². The highest BCUT2D eigenvalue weighted by Gasteiger charge is 2.36. The number of alkyl carbamates (subject to hydrolysis) is 1. The van der Waals surface area contributed by atoms with Crippen LogP contribution in [0.1, 0.15) is 65.0 Å². The maximum atomic E-state index is 13.6. The summed E-state index contributed by atoms with van der Waals surface area (Å²) < 4.78 is 9.78. The highest BCUT2D eigenvalue weighted by molar-refractivity contribution is 5.93. The minimum Gasteiger partial charge on any atom is -0.508 e. The lowest BCUT2D eigenvalue weighted by Crippen LogP contribution is -2.54. The number of nitrogens with zero attached hydrogens (tertiary/aromatic N) is 1. The number of methoxy groups -OCH3 is 1. The molecule has 0 aliphatic rings. The molecule has 0 heterocycles. The van der Waals surface area contributed by atoms with Crippen molar-refractivity contribution in [3.63, 3.8) is 0 Å². The third kappa shape index (κ3) is 10.5. The highest BCUT2D eigenvalue weighted by Crippen LogP contribution is 2.26. The van der Waals surface area contributed by atoms with Crippen molar-refractivity contribution in [2.24, 2.45) is 0 Å². The number of esters is 1. The van der Waals surface area contributed by atoms with Gasteiger partial charge in [0.2, 0.25) is 11.8 Å². The van der Waals surface area contributed by atoms with Gasteiger partial charge in [-0.2, -0.15) is 0 Å². The molecule has 2 unspecified atom stereocenters. The van der Waals surface area contributed by atoms with Gasteiger partial charge in [-0.1, -0.05) is 38.3 Å². The van der Waals surface area contributed by atoms with Crippen LogP contribution >= 0.6 is 0 Å². The molecule has 1 aromatic rings. The quantitative estimate of drug-likeness (QED) is 0.233. The number of carbonyl (C=O) groups excluding carboxylic acids is 4. The van der Waals surface area contributed by atoms with Crippen molar-refractivity contribution in [3.05, 3.63) is 29.8 Å². The van der Waals surface area contributed by atoms with Gasteiger partial charge in [-0.25, -0.2) is 4.79 Å². The van der Waals surface area contributed by atoms with Crippen LogP contribution in [0.2, 0.25) is 0 Å². The van der Waals surface area contributed by atoms with Gasteiger partial charge in [0.15, 0.2) is 0 Å². The molecule has 0 aromatic heterocycles. The molecule has 11 nitrogen and oxygen atoms in total. The molecule has 0 spiro atoms. The van der Waals surface area contributed by atoms with E-state index in [1.807, 2.05) is 6.92 Å². The number of aromatic hydroxyl groups is 1. The molecular weight excluding hydrogens is 470 g/mol. The highest BCUT2D eigenvalue weighted by atomic mass is 16.6. The van der Waals surface area contributed by atoms with Crippen LogP contribution in [0.4, 0.5) is 4.79 Å². The Hall–Kier alpha value is -3.34. The molecule has 3 amide bonds. The van der Waals surface area contributed by atoms with Crippen LogP contribution in [0.25, 0.3) is 0 Å². The van der Waals surface area contributed by atoms with E-state index in [9.17, 15) is 29.4 Å². The fraction of sp³-hybridized carbons (Fsp3) is 0.600. The summed E-state index contributed by atoms with van der Waals surface area (Å²) in [6.45, 7) is 5.97. The second-order valence-corrected chi connectivity index (χ2v) is 9.27. The number of rotatable bonds is 13. The third-order valence-corrected chi connectivity index (χ3v) is 5.09. The number of amides is 3. The minimum absolute atomic E-state index is 0.122. The van der Waals surface area contributed by atoms with Crippen LogP contribution in [0.3, 0.4) is 0 Å². The number of unbranched alkanes of at least 4 members (excludes halogenated alkanes) is 3. The summed E-state index contributed by atoms with van der Waals surface area (Å²) in [6.07, 6.45) is 2.28. The second kappa shape index (κ2) is 14.9. The molecule has 4 N–H and O–H groups in total. The first-order valence-electron chi connectivity index (χ1n) is 12.0. The average molecular weight is 510 g/mol. The van der Waals surface area contributed by atoms with Crippen LogP contribution in [0.5, 0.6) is 5.75 Å². The van der Waals surface area contributed by atoms with Crippen molar-refractivity contribution in [3.8, 4) is 5.75 Å². The molecule has 0 aliphatic carbocycles. The Morgan fingerprint density at radius 3 is 2.36 bits per heavy atom. The van der Waals surface area contributed by atoms with E-state index in [2.05, 4.69) is 15.4 Å². The SMILES string of the molecule is CCCCCCN(C(=O)C(CO)NC(=O)OC(C)(C)C)C(C(=O)NCC(=O)OC)c1cccc(O)c1. The lowest BCUT2D eigenvalue weighted by atomic mass is 10.0. The zero-order valence-corrected chi connectivity index (χ0v) is 21.7. The van der Waals surface area contributed by atoms with Gasteiger partial charge in [0.25, 0.3) is 0 Å². The van der Waals surface area contributed by atoms with Gasteiger partial charge in [-0.3, -0.25) is 14.4 Å². The van der Waals surface area contributed by atoms with E-state index in [4.69, 9.17) is 4.74 Å². The van der Waals surface area contributed by atoms with Gasteiger partial charge in [0.1, 0.15) is 30.0 Å². The van der Waals surface area contributed by atoms with Crippen LogP contribution in [0.15, 0.2) is 24.3 Å². The molecule has 0 radical (unpaired) electrons. The maximum absolute atomic E-state index is 13.6. The third-order valence-electron chi connectivity index (χ3n) is 5.09. The number of aliphatic hydroxyl groups is 1. The zero-order valence-electron chi connectivity index (χ0n) is 21.7. The summed E-state index contributed by atoms with van der Waals surface area (Å²) in [7, 11) is 1.18. The number of ether oxygens (including phenoxy) is 2. The number of phenolic OH excluding ortho intramolecular Hbond substituents is 1. The Morgan fingerprint density at radius 1 is 1.11 bits per heavy atom. The van der Waals surface area contributed by atoms with Gasteiger partial charge in [-0.05, 0) is 44.9 Å². The number of benzene rings is 1. The fourth-order valence-corrected chi connectivity index (χ4v) is 3.41. The molecule has 202 valence electrons.